The van der Waals surface area contributed by atoms with Gasteiger partial charge in [0, 0.05) is 28.3 Å². The Bertz CT molecular complexity index is 774. The van der Waals surface area contributed by atoms with Crippen LogP contribution < -0.4 is 0 Å². The Hall–Kier alpha value is -2.22. The van der Waals surface area contributed by atoms with Gasteiger partial charge in [0.1, 0.15) is 0 Å². The summed E-state index contributed by atoms with van der Waals surface area (Å²) in [6.07, 6.45) is 4.32. The van der Waals surface area contributed by atoms with E-state index in [-0.39, 0.29) is 5.41 Å². The lowest BCUT2D eigenvalue weighted by molar-refractivity contribution is 0.756. The van der Waals surface area contributed by atoms with Gasteiger partial charge in [-0.1, -0.05) is 31.2 Å². The summed E-state index contributed by atoms with van der Waals surface area (Å²) in [5.74, 6) is 0. The second-order valence-electron chi connectivity index (χ2n) is 5.85. The van der Waals surface area contributed by atoms with E-state index in [1.54, 1.807) is 0 Å². The number of aromatic nitrogens is 2. The molecule has 20 heavy (non-hydrogen) atoms. The molecule has 0 amide bonds. The summed E-state index contributed by atoms with van der Waals surface area (Å²) in [4.78, 5) is 9.38. The Morgan fingerprint density at radius 2 is 1.80 bits per heavy atom. The highest BCUT2D eigenvalue weighted by atomic mass is 14.8. The van der Waals surface area contributed by atoms with Crippen LogP contribution in [0.4, 0.5) is 0 Å². The van der Waals surface area contributed by atoms with Gasteiger partial charge >= 0.3 is 0 Å². The third-order valence-corrected chi connectivity index (χ3v) is 4.28. The average Bonchev–Trinajstić information content (AvgIpc) is 3.26. The first-order valence-corrected chi connectivity index (χ1v) is 7.08. The van der Waals surface area contributed by atoms with Crippen LogP contribution in [0, 0.1) is 0 Å². The minimum absolute atomic E-state index is 0.271. The second-order valence-corrected chi connectivity index (χ2v) is 5.85. The van der Waals surface area contributed by atoms with Gasteiger partial charge in [-0.25, -0.2) is 0 Å². The van der Waals surface area contributed by atoms with Crippen molar-refractivity contribution in [3.05, 3.63) is 60.4 Å². The lowest BCUT2D eigenvalue weighted by atomic mass is 9.98. The Labute approximate surface area is 118 Å². The molecular weight excluding hydrogens is 244 g/mol. The van der Waals surface area contributed by atoms with Gasteiger partial charge in [-0.05, 0) is 37.1 Å². The third kappa shape index (κ3) is 1.80. The topological polar surface area (TPSA) is 25.8 Å². The first-order chi connectivity index (χ1) is 9.76. The molecule has 98 valence electrons. The van der Waals surface area contributed by atoms with E-state index in [9.17, 15) is 0 Å². The highest BCUT2D eigenvalue weighted by Gasteiger charge is 2.40. The summed E-state index contributed by atoms with van der Waals surface area (Å²) < 4.78 is 0. The lowest BCUT2D eigenvalue weighted by Gasteiger charge is -2.13. The van der Waals surface area contributed by atoms with Crippen LogP contribution in [-0.2, 0) is 5.41 Å². The van der Waals surface area contributed by atoms with Crippen LogP contribution in [0.5, 0.6) is 0 Å². The molecule has 2 heteroatoms. The number of benzene rings is 1. The normalized spacial score (nSPS) is 16.2. The van der Waals surface area contributed by atoms with Crippen molar-refractivity contribution in [1.29, 1.82) is 0 Å². The fourth-order valence-corrected chi connectivity index (χ4v) is 2.66. The molecule has 0 radical (unpaired) electrons. The van der Waals surface area contributed by atoms with E-state index in [0.29, 0.717) is 0 Å². The van der Waals surface area contributed by atoms with E-state index in [0.717, 1.165) is 11.2 Å². The van der Waals surface area contributed by atoms with Crippen LogP contribution in [0.25, 0.3) is 22.2 Å². The predicted octanol–water partition coefficient (Wildman–Crippen LogP) is 4.35. The number of rotatable bonds is 2. The highest BCUT2D eigenvalue weighted by molar-refractivity contribution is 5.93. The van der Waals surface area contributed by atoms with Crippen LogP contribution in [-0.4, -0.2) is 9.97 Å². The molecule has 1 saturated carbocycles. The van der Waals surface area contributed by atoms with Crippen LogP contribution in [0.2, 0.25) is 0 Å². The molecule has 3 aromatic rings. The van der Waals surface area contributed by atoms with Crippen molar-refractivity contribution in [2.45, 2.75) is 25.2 Å². The molecule has 0 bridgehead atoms. The maximum atomic E-state index is 4.87. The zero-order chi connectivity index (χ0) is 13.6. The minimum Gasteiger partial charge on any atom is -0.256 e. The van der Waals surface area contributed by atoms with Gasteiger partial charge in [0.15, 0.2) is 0 Å². The monoisotopic (exact) mass is 260 g/mol. The average molecular weight is 260 g/mol. The SMILES string of the molecule is CC1(c2cc(-c3ccccn3)c3ccccc3n2)CC1. The Kier molecular flexibility index (Phi) is 2.40. The maximum absolute atomic E-state index is 4.87. The van der Waals surface area contributed by atoms with Gasteiger partial charge in [-0.15, -0.1) is 0 Å². The first-order valence-electron chi connectivity index (χ1n) is 7.08. The molecule has 0 spiro atoms. The number of nitrogens with zero attached hydrogens (tertiary/aromatic N) is 2. The van der Waals surface area contributed by atoms with Gasteiger partial charge < -0.3 is 0 Å². The van der Waals surface area contributed by atoms with Crippen molar-refractivity contribution < 1.29 is 0 Å². The van der Waals surface area contributed by atoms with Gasteiger partial charge in [-0.3, -0.25) is 9.97 Å². The number of hydrogen-bond acceptors (Lipinski definition) is 2. The molecule has 1 aliphatic carbocycles. The smallest absolute Gasteiger partial charge is 0.0712 e. The van der Waals surface area contributed by atoms with Crippen molar-refractivity contribution in [2.75, 3.05) is 0 Å². The molecule has 1 aromatic carbocycles. The fourth-order valence-electron chi connectivity index (χ4n) is 2.66. The molecule has 4 rings (SSSR count). The van der Waals surface area contributed by atoms with Gasteiger partial charge in [0.2, 0.25) is 0 Å². The zero-order valence-corrected chi connectivity index (χ0v) is 11.5. The van der Waals surface area contributed by atoms with Crippen LogP contribution in [0.3, 0.4) is 0 Å². The highest BCUT2D eigenvalue weighted by Crippen LogP contribution is 2.48. The standard InChI is InChI=1S/C18H16N2/c1-18(9-10-18)17-12-14(15-7-4-5-11-19-15)13-6-2-3-8-16(13)20-17/h2-8,11-12H,9-10H2,1H3. The molecule has 2 aromatic heterocycles. The molecule has 0 atom stereocenters. The van der Waals surface area contributed by atoms with Gasteiger partial charge in [-0.2, -0.15) is 0 Å². The quantitative estimate of drug-likeness (QED) is 0.684. The van der Waals surface area contributed by atoms with Crippen LogP contribution in [0.15, 0.2) is 54.7 Å². The third-order valence-electron chi connectivity index (χ3n) is 4.28. The van der Waals surface area contributed by atoms with Crippen molar-refractivity contribution in [1.82, 2.24) is 9.97 Å². The molecule has 2 heterocycles. The van der Waals surface area contributed by atoms with Crippen molar-refractivity contribution >= 4 is 10.9 Å². The molecule has 1 fully saturated rings. The number of para-hydroxylation sites is 1. The number of hydrogen-bond donors (Lipinski definition) is 0. The Morgan fingerprint density at radius 3 is 2.55 bits per heavy atom. The lowest BCUT2D eigenvalue weighted by Crippen LogP contribution is -2.04. The van der Waals surface area contributed by atoms with Crippen LogP contribution in [0.1, 0.15) is 25.5 Å². The summed E-state index contributed by atoms with van der Waals surface area (Å²) >= 11 is 0. The van der Waals surface area contributed by atoms with E-state index >= 15 is 0 Å². The largest absolute Gasteiger partial charge is 0.256 e. The first kappa shape index (κ1) is 11.6. The molecule has 0 saturated heterocycles. The molecule has 0 unspecified atom stereocenters. The van der Waals surface area contributed by atoms with E-state index < -0.39 is 0 Å². The summed E-state index contributed by atoms with van der Waals surface area (Å²) in [5, 5.41) is 1.18. The number of fused-ring (bicyclic) bond motifs is 1. The van der Waals surface area contributed by atoms with E-state index in [4.69, 9.17) is 4.98 Å². The number of pyridine rings is 2. The van der Waals surface area contributed by atoms with Crippen LogP contribution >= 0.6 is 0 Å². The predicted molar refractivity (Wildman–Crippen MR) is 81.6 cm³/mol. The van der Waals surface area contributed by atoms with E-state index in [1.807, 2.05) is 18.3 Å². The molecule has 1 aliphatic rings. The summed E-state index contributed by atoms with van der Waals surface area (Å²) in [5.41, 5.74) is 4.76. The molecule has 0 N–H and O–H groups in total. The van der Waals surface area contributed by atoms with Gasteiger partial charge in [0.25, 0.3) is 0 Å². The summed E-state index contributed by atoms with van der Waals surface area (Å²) in [6.45, 7) is 2.30. The summed E-state index contributed by atoms with van der Waals surface area (Å²) in [6, 6.07) is 16.6. The minimum atomic E-state index is 0.271. The van der Waals surface area contributed by atoms with Crippen molar-refractivity contribution in [2.24, 2.45) is 0 Å². The Balaban J connectivity index is 2.02. The maximum Gasteiger partial charge on any atom is 0.0712 e. The van der Waals surface area contributed by atoms with Crippen molar-refractivity contribution in [3.8, 4) is 11.3 Å². The van der Waals surface area contributed by atoms with Gasteiger partial charge in [0.05, 0.1) is 11.2 Å². The molecular formula is C18H16N2. The van der Waals surface area contributed by atoms with Crippen molar-refractivity contribution in [3.63, 3.8) is 0 Å². The molecule has 2 nitrogen and oxygen atoms in total. The second kappa shape index (κ2) is 4.14. The Morgan fingerprint density at radius 1 is 1.00 bits per heavy atom. The summed E-state index contributed by atoms with van der Waals surface area (Å²) in [7, 11) is 0. The van der Waals surface area contributed by atoms with E-state index in [2.05, 4.69) is 48.3 Å². The van der Waals surface area contributed by atoms with E-state index in [1.165, 1.54) is 29.5 Å². The molecule has 0 aliphatic heterocycles. The zero-order valence-electron chi connectivity index (χ0n) is 11.5. The fraction of sp³-hybridized carbons (Fsp3) is 0.222.